The van der Waals surface area contributed by atoms with Crippen LogP contribution in [0.3, 0.4) is 0 Å². The molecular weight excluding hydrogens is 353 g/mol. The highest BCUT2D eigenvalue weighted by atomic mass is 35.5. The largest absolute Gasteiger partial charge is 0.465 e. The van der Waals surface area contributed by atoms with E-state index in [9.17, 15) is 18.0 Å². The highest BCUT2D eigenvalue weighted by molar-refractivity contribution is 7.98. The van der Waals surface area contributed by atoms with E-state index in [1.54, 1.807) is 24.3 Å². The van der Waals surface area contributed by atoms with Crippen LogP contribution in [0.25, 0.3) is 0 Å². The van der Waals surface area contributed by atoms with Crippen molar-refractivity contribution in [3.05, 3.63) is 46.1 Å². The van der Waals surface area contributed by atoms with Gasteiger partial charge in [-0.1, -0.05) is 29.8 Å². The molecule has 4 nitrogen and oxygen atoms in total. The van der Waals surface area contributed by atoms with Gasteiger partial charge in [0.2, 0.25) is 0 Å². The summed E-state index contributed by atoms with van der Waals surface area (Å²) in [6, 6.07) is 6.97. The van der Waals surface area contributed by atoms with Crippen LogP contribution in [0.2, 0.25) is 5.02 Å². The number of aromatic nitrogens is 2. The number of halogens is 4. The van der Waals surface area contributed by atoms with Gasteiger partial charge in [0.1, 0.15) is 10.6 Å². The van der Waals surface area contributed by atoms with Gasteiger partial charge in [0.25, 0.3) is 0 Å². The van der Waals surface area contributed by atoms with Crippen molar-refractivity contribution in [3.63, 3.8) is 0 Å². The Morgan fingerprint density at radius 2 is 2.04 bits per heavy atom. The molecule has 0 bridgehead atoms. The molecule has 124 valence electrons. The van der Waals surface area contributed by atoms with Gasteiger partial charge in [-0.25, -0.2) is 4.79 Å². The number of carbonyl (C=O) groups excluding carboxylic acids is 1. The van der Waals surface area contributed by atoms with E-state index in [0.29, 0.717) is 10.8 Å². The molecule has 0 aliphatic rings. The van der Waals surface area contributed by atoms with E-state index in [1.165, 1.54) is 7.05 Å². The molecule has 2 rings (SSSR count). The quantitative estimate of drug-likeness (QED) is 0.603. The summed E-state index contributed by atoms with van der Waals surface area (Å²) < 4.78 is 44.6. The molecule has 0 saturated heterocycles. The van der Waals surface area contributed by atoms with Crippen molar-refractivity contribution in [3.8, 4) is 0 Å². The average molecular weight is 365 g/mol. The minimum atomic E-state index is -4.75. The summed E-state index contributed by atoms with van der Waals surface area (Å²) in [7, 11) is 2.37. The Bertz CT molecular complexity index is 731. The highest BCUT2D eigenvalue weighted by Crippen LogP contribution is 2.37. The number of methoxy groups -OCH3 is 1. The monoisotopic (exact) mass is 364 g/mol. The van der Waals surface area contributed by atoms with Gasteiger partial charge in [0.05, 0.1) is 7.11 Å². The Morgan fingerprint density at radius 1 is 1.39 bits per heavy atom. The zero-order chi connectivity index (χ0) is 17.2. The van der Waals surface area contributed by atoms with Crippen LogP contribution >= 0.6 is 23.4 Å². The maximum atomic E-state index is 13.1. The number of nitrogens with zero attached hydrogens (tertiary/aromatic N) is 2. The number of benzene rings is 1. The van der Waals surface area contributed by atoms with Gasteiger partial charge in [-0.15, -0.1) is 11.8 Å². The second kappa shape index (κ2) is 6.84. The zero-order valence-electron chi connectivity index (χ0n) is 12.1. The van der Waals surface area contributed by atoms with Gasteiger partial charge < -0.3 is 4.74 Å². The van der Waals surface area contributed by atoms with Gasteiger partial charge in [-0.3, -0.25) is 4.68 Å². The fourth-order valence-electron chi connectivity index (χ4n) is 1.92. The van der Waals surface area contributed by atoms with Crippen molar-refractivity contribution >= 4 is 29.3 Å². The van der Waals surface area contributed by atoms with Crippen LogP contribution in [-0.4, -0.2) is 22.9 Å². The molecule has 0 fully saturated rings. The van der Waals surface area contributed by atoms with E-state index in [2.05, 4.69) is 9.84 Å². The first kappa shape index (κ1) is 17.7. The first-order valence-electron chi connectivity index (χ1n) is 6.34. The Balaban J connectivity index is 2.40. The summed E-state index contributed by atoms with van der Waals surface area (Å²) >= 11 is 7.07. The van der Waals surface area contributed by atoms with Gasteiger partial charge in [-0.05, 0) is 11.6 Å². The molecule has 2 aromatic rings. The first-order valence-corrected chi connectivity index (χ1v) is 7.70. The van der Waals surface area contributed by atoms with Crippen LogP contribution in [-0.2, 0) is 23.7 Å². The second-order valence-corrected chi connectivity index (χ2v) is 5.89. The zero-order valence-corrected chi connectivity index (χ0v) is 13.7. The summed E-state index contributed by atoms with van der Waals surface area (Å²) in [4.78, 5) is 11.8. The molecule has 0 spiro atoms. The predicted molar refractivity (Wildman–Crippen MR) is 80.6 cm³/mol. The van der Waals surface area contributed by atoms with Gasteiger partial charge in [0, 0.05) is 17.8 Å². The minimum absolute atomic E-state index is 0.0732. The van der Waals surface area contributed by atoms with Crippen LogP contribution in [0.15, 0.2) is 29.3 Å². The summed E-state index contributed by atoms with van der Waals surface area (Å²) in [6.45, 7) is 0. The number of rotatable bonds is 4. The van der Waals surface area contributed by atoms with E-state index in [0.717, 1.165) is 29.1 Å². The number of carbonyl (C=O) groups is 1. The maximum Gasteiger partial charge on any atom is 0.436 e. The lowest BCUT2D eigenvalue weighted by molar-refractivity contribution is -0.142. The fourth-order valence-corrected chi connectivity index (χ4v) is 3.30. The van der Waals surface area contributed by atoms with Crippen molar-refractivity contribution in [2.24, 2.45) is 7.05 Å². The Hall–Kier alpha value is -1.67. The summed E-state index contributed by atoms with van der Waals surface area (Å²) in [5.74, 6) is -0.785. The van der Waals surface area contributed by atoms with Gasteiger partial charge >= 0.3 is 12.1 Å². The van der Waals surface area contributed by atoms with E-state index in [-0.39, 0.29) is 5.03 Å². The third-order valence-corrected chi connectivity index (χ3v) is 4.54. The lowest BCUT2D eigenvalue weighted by Crippen LogP contribution is -2.13. The number of hydrogen-bond acceptors (Lipinski definition) is 4. The standard InChI is InChI=1S/C14H12ClF3N2O2S/c1-20-12(23-7-8-5-3-4-6-9(8)15)10(13(21)22-2)11(19-20)14(16,17)18/h3-6H,7H2,1-2H3. The second-order valence-electron chi connectivity index (χ2n) is 4.52. The van der Waals surface area contributed by atoms with E-state index in [4.69, 9.17) is 11.6 Å². The van der Waals surface area contributed by atoms with E-state index < -0.39 is 23.4 Å². The predicted octanol–water partition coefficient (Wildman–Crippen LogP) is 4.17. The van der Waals surface area contributed by atoms with Gasteiger partial charge in [0.15, 0.2) is 5.69 Å². The first-order chi connectivity index (χ1) is 10.8. The third kappa shape index (κ3) is 3.81. The molecule has 1 aromatic heterocycles. The fraction of sp³-hybridized carbons (Fsp3) is 0.286. The highest BCUT2D eigenvalue weighted by Gasteiger charge is 2.41. The molecule has 1 aromatic carbocycles. The lowest BCUT2D eigenvalue weighted by atomic mass is 10.2. The number of esters is 1. The van der Waals surface area contributed by atoms with Crippen molar-refractivity contribution in [1.29, 1.82) is 0 Å². The number of alkyl halides is 3. The van der Waals surface area contributed by atoms with Gasteiger partial charge in [-0.2, -0.15) is 18.3 Å². The summed E-state index contributed by atoms with van der Waals surface area (Å²) in [5.41, 5.74) is -1.10. The van der Waals surface area contributed by atoms with Crippen molar-refractivity contribution in [1.82, 2.24) is 9.78 Å². The number of ether oxygens (including phenoxy) is 1. The molecule has 0 aliphatic carbocycles. The molecule has 0 N–H and O–H groups in total. The normalized spacial score (nSPS) is 11.6. The SMILES string of the molecule is COC(=O)c1c(C(F)(F)F)nn(C)c1SCc1ccccc1Cl. The number of aryl methyl sites for hydroxylation is 1. The molecule has 0 unspecified atom stereocenters. The topological polar surface area (TPSA) is 44.1 Å². The molecule has 0 radical (unpaired) electrons. The minimum Gasteiger partial charge on any atom is -0.465 e. The smallest absolute Gasteiger partial charge is 0.436 e. The molecule has 0 atom stereocenters. The maximum absolute atomic E-state index is 13.1. The molecule has 9 heteroatoms. The van der Waals surface area contributed by atoms with Crippen LogP contribution in [0.1, 0.15) is 21.6 Å². The van der Waals surface area contributed by atoms with Crippen LogP contribution in [0.4, 0.5) is 13.2 Å². The molecule has 0 aliphatic heterocycles. The Labute approximate surface area is 139 Å². The van der Waals surface area contributed by atoms with E-state index >= 15 is 0 Å². The van der Waals surface area contributed by atoms with Crippen LogP contribution in [0.5, 0.6) is 0 Å². The van der Waals surface area contributed by atoms with Crippen LogP contribution < -0.4 is 0 Å². The summed E-state index contributed by atoms with van der Waals surface area (Å²) in [6.07, 6.45) is -4.75. The van der Waals surface area contributed by atoms with E-state index in [1.807, 2.05) is 0 Å². The van der Waals surface area contributed by atoms with Crippen molar-refractivity contribution in [2.45, 2.75) is 17.0 Å². The molecule has 0 saturated carbocycles. The average Bonchev–Trinajstić information content (AvgIpc) is 2.82. The third-order valence-electron chi connectivity index (χ3n) is 2.97. The molecule has 23 heavy (non-hydrogen) atoms. The van der Waals surface area contributed by atoms with Crippen molar-refractivity contribution in [2.75, 3.05) is 7.11 Å². The Morgan fingerprint density at radius 3 is 2.61 bits per heavy atom. The van der Waals surface area contributed by atoms with Crippen molar-refractivity contribution < 1.29 is 22.7 Å². The number of thioether (sulfide) groups is 1. The molecular formula is C14H12ClF3N2O2S. The molecule has 1 heterocycles. The summed E-state index contributed by atoms with van der Waals surface area (Å²) in [5, 5.41) is 3.99. The Kier molecular flexibility index (Phi) is 5.26. The van der Waals surface area contributed by atoms with Crippen LogP contribution in [0, 0.1) is 0 Å². The number of hydrogen-bond donors (Lipinski definition) is 0. The lowest BCUT2D eigenvalue weighted by Gasteiger charge is -2.08. The molecule has 0 amide bonds.